The van der Waals surface area contributed by atoms with Crippen molar-refractivity contribution in [3.63, 3.8) is 0 Å². The number of aromatic nitrogens is 6. The van der Waals surface area contributed by atoms with Gasteiger partial charge in [-0.2, -0.15) is 0 Å². The Hall–Kier alpha value is -4.28. The van der Waals surface area contributed by atoms with Gasteiger partial charge in [0.15, 0.2) is 11.2 Å². The molecule has 1 N–H and O–H groups in total. The molecule has 0 spiro atoms. The average molecular weight is 489 g/mol. The Morgan fingerprint density at radius 1 is 1.08 bits per heavy atom. The molecule has 186 valence electrons. The maximum Gasteiger partial charge on any atom is 0.332 e. The Kier molecular flexibility index (Phi) is 5.91. The van der Waals surface area contributed by atoms with E-state index in [0.29, 0.717) is 11.7 Å². The Bertz CT molecular complexity index is 1570. The van der Waals surface area contributed by atoms with E-state index in [2.05, 4.69) is 32.1 Å². The number of aryl methyl sites for hydroxylation is 1. The van der Waals surface area contributed by atoms with Gasteiger partial charge in [-0.15, -0.1) is 0 Å². The molecule has 0 bridgehead atoms. The van der Waals surface area contributed by atoms with Gasteiger partial charge >= 0.3 is 5.69 Å². The fraction of sp³-hybridized carbons (Fsp3) is 0.360. The van der Waals surface area contributed by atoms with Gasteiger partial charge in [-0.25, -0.2) is 19.7 Å². The van der Waals surface area contributed by atoms with Crippen LogP contribution in [-0.2, 0) is 18.9 Å². The lowest BCUT2D eigenvalue weighted by atomic mass is 10.1. The Balaban J connectivity index is 1.37. The molecule has 1 amide bonds. The molecule has 1 saturated heterocycles. The van der Waals surface area contributed by atoms with Crippen molar-refractivity contribution in [1.82, 2.24) is 28.7 Å². The topological polar surface area (TPSA) is 120 Å². The second kappa shape index (κ2) is 9.06. The zero-order valence-electron chi connectivity index (χ0n) is 20.7. The van der Waals surface area contributed by atoms with Gasteiger partial charge in [0.2, 0.25) is 11.9 Å². The zero-order valence-corrected chi connectivity index (χ0v) is 20.7. The van der Waals surface area contributed by atoms with Crippen LogP contribution in [0.4, 0.5) is 11.6 Å². The molecule has 1 aliphatic heterocycles. The molecule has 1 unspecified atom stereocenters. The number of carbonyl (C=O) groups is 1. The second-order valence-corrected chi connectivity index (χ2v) is 9.23. The molecule has 2 atom stereocenters. The molecule has 0 aliphatic carbocycles. The third-order valence-electron chi connectivity index (χ3n) is 6.88. The number of rotatable bonds is 5. The van der Waals surface area contributed by atoms with Crippen LogP contribution >= 0.6 is 0 Å². The molecule has 0 saturated carbocycles. The number of hydrogen-bond donors (Lipinski definition) is 1. The van der Waals surface area contributed by atoms with E-state index in [1.807, 2.05) is 18.2 Å². The molecular formula is C25H28N8O3. The number of fused-ring (bicyclic) bond motifs is 1. The number of hydrogen-bond acceptors (Lipinski definition) is 7. The van der Waals surface area contributed by atoms with Gasteiger partial charge in [0.05, 0.1) is 6.33 Å². The van der Waals surface area contributed by atoms with E-state index in [-0.39, 0.29) is 17.1 Å². The van der Waals surface area contributed by atoms with E-state index in [4.69, 9.17) is 0 Å². The molecule has 3 aromatic heterocycles. The van der Waals surface area contributed by atoms with Gasteiger partial charge in [-0.05, 0) is 44.4 Å². The predicted octanol–water partition coefficient (Wildman–Crippen LogP) is 2.08. The maximum absolute atomic E-state index is 13.1. The van der Waals surface area contributed by atoms with Crippen molar-refractivity contribution in [1.29, 1.82) is 0 Å². The number of nitrogens with one attached hydrogen (secondary N) is 1. The highest BCUT2D eigenvalue weighted by atomic mass is 16.2. The molecule has 1 fully saturated rings. The lowest BCUT2D eigenvalue weighted by Gasteiger charge is -2.21. The quantitative estimate of drug-likeness (QED) is 0.457. The molecule has 1 aromatic carbocycles. The van der Waals surface area contributed by atoms with Crippen LogP contribution in [0, 0.1) is 0 Å². The van der Waals surface area contributed by atoms with Crippen LogP contribution in [0.2, 0.25) is 0 Å². The fourth-order valence-electron chi connectivity index (χ4n) is 4.66. The van der Waals surface area contributed by atoms with Crippen LogP contribution in [0.5, 0.6) is 0 Å². The van der Waals surface area contributed by atoms with E-state index in [1.165, 1.54) is 22.5 Å². The summed E-state index contributed by atoms with van der Waals surface area (Å²) in [4.78, 5) is 53.6. The third kappa shape index (κ3) is 3.96. The van der Waals surface area contributed by atoms with Crippen LogP contribution in [0.1, 0.15) is 32.7 Å². The Labute approximate surface area is 207 Å². The smallest absolute Gasteiger partial charge is 0.332 e. The summed E-state index contributed by atoms with van der Waals surface area (Å²) in [6.45, 7) is 4.83. The fourth-order valence-corrected chi connectivity index (χ4v) is 4.66. The standard InChI is InChI=1S/C25H28N8O3/c1-15-7-6-10-32(15)24-26-12-18(13-27-24)17-8-5-9-19(11-17)29-22(34)16(2)33-14-28-21-20(33)23(35)31(4)25(36)30(21)3/h5,8-9,11-16H,6-7,10H2,1-4H3,(H,29,34)/t15-,16?/m0/s1. The average Bonchev–Trinajstić information content (AvgIpc) is 3.52. The van der Waals surface area contributed by atoms with Crippen LogP contribution in [0.15, 0.2) is 52.6 Å². The summed E-state index contributed by atoms with van der Waals surface area (Å²) >= 11 is 0. The molecule has 0 radical (unpaired) electrons. The SMILES string of the molecule is CC(C(=O)Nc1cccc(-c2cnc(N3CCC[C@@H]3C)nc2)c1)n1cnc2c1c(=O)n(C)c(=O)n2C. The first-order valence-corrected chi connectivity index (χ1v) is 11.9. The van der Waals surface area contributed by atoms with Gasteiger partial charge in [-0.3, -0.25) is 18.7 Å². The Morgan fingerprint density at radius 3 is 2.53 bits per heavy atom. The minimum Gasteiger partial charge on any atom is -0.338 e. The largest absolute Gasteiger partial charge is 0.338 e. The first-order valence-electron chi connectivity index (χ1n) is 11.9. The summed E-state index contributed by atoms with van der Waals surface area (Å²) in [5.74, 6) is 0.412. The van der Waals surface area contributed by atoms with Crippen molar-refractivity contribution in [3.8, 4) is 11.1 Å². The molecule has 4 aromatic rings. The summed E-state index contributed by atoms with van der Waals surface area (Å²) < 4.78 is 3.79. The van der Waals surface area contributed by atoms with Gasteiger partial charge in [0, 0.05) is 50.3 Å². The summed E-state index contributed by atoms with van der Waals surface area (Å²) in [5.41, 5.74) is 1.78. The van der Waals surface area contributed by atoms with E-state index in [1.54, 1.807) is 32.4 Å². The zero-order chi connectivity index (χ0) is 25.6. The molecule has 11 nitrogen and oxygen atoms in total. The van der Waals surface area contributed by atoms with Gasteiger partial charge in [0.25, 0.3) is 5.56 Å². The predicted molar refractivity (Wildman–Crippen MR) is 137 cm³/mol. The van der Waals surface area contributed by atoms with Crippen LogP contribution in [0.3, 0.4) is 0 Å². The number of nitrogens with zero attached hydrogens (tertiary/aromatic N) is 7. The number of benzene rings is 1. The van der Waals surface area contributed by atoms with Gasteiger partial charge in [-0.1, -0.05) is 12.1 Å². The third-order valence-corrected chi connectivity index (χ3v) is 6.88. The first-order chi connectivity index (χ1) is 17.3. The van der Waals surface area contributed by atoms with Crippen LogP contribution in [0.25, 0.3) is 22.3 Å². The summed E-state index contributed by atoms with van der Waals surface area (Å²) in [6, 6.07) is 7.14. The highest BCUT2D eigenvalue weighted by Gasteiger charge is 2.23. The van der Waals surface area contributed by atoms with Gasteiger partial charge < -0.3 is 14.8 Å². The number of carbonyl (C=O) groups excluding carboxylic acids is 1. The van der Waals surface area contributed by atoms with Crippen molar-refractivity contribution in [3.05, 3.63) is 63.8 Å². The van der Waals surface area contributed by atoms with Crippen molar-refractivity contribution in [2.75, 3.05) is 16.8 Å². The van der Waals surface area contributed by atoms with Crippen LogP contribution in [-0.4, -0.2) is 47.1 Å². The molecule has 1 aliphatic rings. The van der Waals surface area contributed by atoms with Crippen LogP contribution < -0.4 is 21.5 Å². The molecule has 11 heteroatoms. The lowest BCUT2D eigenvalue weighted by Crippen LogP contribution is -2.38. The van der Waals surface area contributed by atoms with E-state index in [9.17, 15) is 14.4 Å². The highest BCUT2D eigenvalue weighted by molar-refractivity contribution is 5.95. The monoisotopic (exact) mass is 488 g/mol. The van der Waals surface area contributed by atoms with Crippen molar-refractivity contribution < 1.29 is 4.79 Å². The second-order valence-electron chi connectivity index (χ2n) is 9.23. The van der Waals surface area contributed by atoms with Crippen molar-refractivity contribution >= 4 is 28.7 Å². The van der Waals surface area contributed by atoms with E-state index >= 15 is 0 Å². The number of anilines is 2. The molecule has 36 heavy (non-hydrogen) atoms. The number of imidazole rings is 1. The van der Waals surface area contributed by atoms with Crippen molar-refractivity contribution in [2.24, 2.45) is 14.1 Å². The lowest BCUT2D eigenvalue weighted by molar-refractivity contribution is -0.118. The molecule has 5 rings (SSSR count). The minimum atomic E-state index is -0.742. The maximum atomic E-state index is 13.1. The normalized spacial score (nSPS) is 16.4. The summed E-state index contributed by atoms with van der Waals surface area (Å²) in [5, 5.41) is 2.91. The summed E-state index contributed by atoms with van der Waals surface area (Å²) in [6.07, 6.45) is 7.30. The highest BCUT2D eigenvalue weighted by Crippen LogP contribution is 2.26. The van der Waals surface area contributed by atoms with E-state index < -0.39 is 17.3 Å². The molecular weight excluding hydrogens is 460 g/mol. The van der Waals surface area contributed by atoms with Gasteiger partial charge in [0.1, 0.15) is 6.04 Å². The number of amides is 1. The molecule has 4 heterocycles. The summed E-state index contributed by atoms with van der Waals surface area (Å²) in [7, 11) is 2.94. The van der Waals surface area contributed by atoms with E-state index in [0.717, 1.165) is 41.0 Å². The van der Waals surface area contributed by atoms with Crippen molar-refractivity contribution in [2.45, 2.75) is 38.8 Å². The first kappa shape index (κ1) is 23.5. The Morgan fingerprint density at radius 2 is 1.83 bits per heavy atom. The minimum absolute atomic E-state index is 0.195.